The highest BCUT2D eigenvalue weighted by Crippen LogP contribution is 2.14. The second-order valence-corrected chi connectivity index (χ2v) is 4.31. The fourth-order valence-electron chi connectivity index (χ4n) is 0.938. The molecular formula is C9H7BrFIO. The molecule has 0 atom stereocenters. The molecule has 0 saturated carbocycles. The van der Waals surface area contributed by atoms with Gasteiger partial charge in [0.05, 0.1) is 5.33 Å². The quantitative estimate of drug-likeness (QED) is 0.601. The van der Waals surface area contributed by atoms with Gasteiger partial charge in [-0.3, -0.25) is 4.79 Å². The van der Waals surface area contributed by atoms with Gasteiger partial charge in [-0.1, -0.05) is 15.9 Å². The third kappa shape index (κ3) is 3.34. The number of benzene rings is 1. The van der Waals surface area contributed by atoms with Crippen LogP contribution in [0.1, 0.15) is 5.56 Å². The first-order chi connectivity index (χ1) is 6.13. The van der Waals surface area contributed by atoms with Crippen molar-refractivity contribution in [2.75, 3.05) is 5.33 Å². The summed E-state index contributed by atoms with van der Waals surface area (Å²) in [7, 11) is 0. The summed E-state index contributed by atoms with van der Waals surface area (Å²) in [4.78, 5) is 11.1. The highest BCUT2D eigenvalue weighted by Gasteiger charge is 2.06. The van der Waals surface area contributed by atoms with Crippen molar-refractivity contribution in [2.45, 2.75) is 6.42 Å². The molecule has 13 heavy (non-hydrogen) atoms. The van der Waals surface area contributed by atoms with Crippen molar-refractivity contribution in [2.24, 2.45) is 0 Å². The molecule has 70 valence electrons. The topological polar surface area (TPSA) is 17.1 Å². The third-order valence-corrected chi connectivity index (χ3v) is 3.22. The summed E-state index contributed by atoms with van der Waals surface area (Å²) in [6.07, 6.45) is 0.293. The number of rotatable bonds is 3. The van der Waals surface area contributed by atoms with E-state index in [1.54, 1.807) is 6.07 Å². The maximum absolute atomic E-state index is 12.8. The lowest BCUT2D eigenvalue weighted by molar-refractivity contribution is -0.115. The first-order valence-corrected chi connectivity index (χ1v) is 5.85. The molecule has 0 bridgehead atoms. The van der Waals surface area contributed by atoms with Crippen LogP contribution in [0.25, 0.3) is 0 Å². The standard InChI is InChI=1S/C9H7BrFIO/c10-5-8(13)4-6-3-7(11)1-2-9(6)12/h1-3H,4-5H2. The Morgan fingerprint density at radius 3 is 2.85 bits per heavy atom. The molecule has 0 spiro atoms. The van der Waals surface area contributed by atoms with Crippen molar-refractivity contribution in [1.29, 1.82) is 0 Å². The Labute approximate surface area is 98.0 Å². The van der Waals surface area contributed by atoms with E-state index in [1.807, 2.05) is 0 Å². The van der Waals surface area contributed by atoms with E-state index < -0.39 is 0 Å². The number of ketones is 1. The normalized spacial score (nSPS) is 10.1. The number of Topliss-reactive ketones (excluding diaryl/α,β-unsaturated/α-hetero) is 1. The van der Waals surface area contributed by atoms with Gasteiger partial charge in [-0.15, -0.1) is 0 Å². The Hall–Kier alpha value is 0.0300. The van der Waals surface area contributed by atoms with Crippen molar-refractivity contribution in [1.82, 2.24) is 0 Å². The zero-order valence-electron chi connectivity index (χ0n) is 6.69. The SMILES string of the molecule is O=C(CBr)Cc1cc(F)ccc1I. The monoisotopic (exact) mass is 356 g/mol. The van der Waals surface area contributed by atoms with E-state index in [4.69, 9.17) is 0 Å². The van der Waals surface area contributed by atoms with E-state index in [1.165, 1.54) is 12.1 Å². The van der Waals surface area contributed by atoms with Crippen LogP contribution in [0, 0.1) is 9.39 Å². The predicted molar refractivity (Wildman–Crippen MR) is 61.6 cm³/mol. The van der Waals surface area contributed by atoms with Gasteiger partial charge in [0.2, 0.25) is 0 Å². The van der Waals surface area contributed by atoms with Crippen LogP contribution in [0.2, 0.25) is 0 Å². The lowest BCUT2D eigenvalue weighted by Gasteiger charge is -2.01. The molecule has 1 aromatic rings. The summed E-state index contributed by atoms with van der Waals surface area (Å²) in [5.74, 6) is -0.235. The molecule has 1 nitrogen and oxygen atoms in total. The first-order valence-electron chi connectivity index (χ1n) is 3.65. The van der Waals surface area contributed by atoms with E-state index in [2.05, 4.69) is 38.5 Å². The molecule has 0 aliphatic rings. The Bertz CT molecular complexity index is 327. The van der Waals surface area contributed by atoms with Gasteiger partial charge in [-0.05, 0) is 46.4 Å². The fourth-order valence-corrected chi connectivity index (χ4v) is 1.66. The summed E-state index contributed by atoms with van der Waals surface area (Å²) in [5, 5.41) is 0.319. The molecule has 0 amide bonds. The van der Waals surface area contributed by atoms with Crippen molar-refractivity contribution < 1.29 is 9.18 Å². The molecule has 1 rings (SSSR count). The van der Waals surface area contributed by atoms with Crippen LogP contribution in [-0.4, -0.2) is 11.1 Å². The summed E-state index contributed by atoms with van der Waals surface area (Å²) in [5.41, 5.74) is 0.755. The van der Waals surface area contributed by atoms with Gasteiger partial charge < -0.3 is 0 Å². The molecule has 0 N–H and O–H groups in total. The zero-order chi connectivity index (χ0) is 9.84. The maximum Gasteiger partial charge on any atom is 0.147 e. The van der Waals surface area contributed by atoms with Crippen LogP contribution in [-0.2, 0) is 11.2 Å². The van der Waals surface area contributed by atoms with Gasteiger partial charge >= 0.3 is 0 Å². The smallest absolute Gasteiger partial charge is 0.147 e. The highest BCUT2D eigenvalue weighted by molar-refractivity contribution is 14.1. The van der Waals surface area contributed by atoms with E-state index >= 15 is 0 Å². The zero-order valence-corrected chi connectivity index (χ0v) is 10.4. The fraction of sp³-hybridized carbons (Fsp3) is 0.222. The van der Waals surface area contributed by atoms with E-state index in [0.717, 1.165) is 9.13 Å². The predicted octanol–water partition coefficient (Wildman–Crippen LogP) is 2.94. The van der Waals surface area contributed by atoms with Gasteiger partial charge in [-0.2, -0.15) is 0 Å². The summed E-state index contributed by atoms with van der Waals surface area (Å²) in [6, 6.07) is 4.47. The van der Waals surface area contributed by atoms with Gasteiger partial charge in [0.15, 0.2) is 0 Å². The van der Waals surface area contributed by atoms with Crippen molar-refractivity contribution in [3.05, 3.63) is 33.1 Å². The second kappa shape index (κ2) is 5.05. The summed E-state index contributed by atoms with van der Waals surface area (Å²) < 4.78 is 13.7. The van der Waals surface area contributed by atoms with Crippen molar-refractivity contribution in [3.8, 4) is 0 Å². The van der Waals surface area contributed by atoms with Crippen molar-refractivity contribution in [3.63, 3.8) is 0 Å². The average molecular weight is 357 g/mol. The van der Waals surface area contributed by atoms with Gasteiger partial charge in [0.25, 0.3) is 0 Å². The lowest BCUT2D eigenvalue weighted by Crippen LogP contribution is -2.05. The molecule has 4 heteroatoms. The molecule has 0 heterocycles. The minimum Gasteiger partial charge on any atom is -0.298 e. The molecule has 0 radical (unpaired) electrons. The third-order valence-electron chi connectivity index (χ3n) is 1.54. The summed E-state index contributed by atoms with van der Waals surface area (Å²) in [6.45, 7) is 0. The number of alkyl halides is 1. The Kier molecular flexibility index (Phi) is 4.31. The van der Waals surface area contributed by atoms with Gasteiger partial charge in [0.1, 0.15) is 11.6 Å². The van der Waals surface area contributed by atoms with Crippen LogP contribution in [0.15, 0.2) is 18.2 Å². The number of hydrogen-bond acceptors (Lipinski definition) is 1. The molecule has 0 aliphatic carbocycles. The van der Waals surface area contributed by atoms with Crippen LogP contribution in [0.5, 0.6) is 0 Å². The number of hydrogen-bond donors (Lipinski definition) is 0. The highest BCUT2D eigenvalue weighted by atomic mass is 127. The molecular weight excluding hydrogens is 350 g/mol. The van der Waals surface area contributed by atoms with Crippen LogP contribution < -0.4 is 0 Å². The largest absolute Gasteiger partial charge is 0.298 e. The molecule has 1 aromatic carbocycles. The molecule has 0 fully saturated rings. The van der Waals surface area contributed by atoms with Gasteiger partial charge in [0, 0.05) is 9.99 Å². The van der Waals surface area contributed by atoms with Crippen LogP contribution in [0.4, 0.5) is 4.39 Å². The Balaban J connectivity index is 2.87. The summed E-state index contributed by atoms with van der Waals surface area (Å²) >= 11 is 5.16. The average Bonchev–Trinajstić information content (AvgIpc) is 2.11. The Morgan fingerprint density at radius 2 is 2.23 bits per heavy atom. The second-order valence-electron chi connectivity index (χ2n) is 2.58. The van der Waals surface area contributed by atoms with E-state index in [9.17, 15) is 9.18 Å². The molecule has 0 saturated heterocycles. The van der Waals surface area contributed by atoms with Crippen molar-refractivity contribution >= 4 is 44.3 Å². The van der Waals surface area contributed by atoms with Gasteiger partial charge in [-0.25, -0.2) is 4.39 Å². The molecule has 0 unspecified atom stereocenters. The van der Waals surface area contributed by atoms with E-state index in [0.29, 0.717) is 11.8 Å². The molecule has 0 aliphatic heterocycles. The van der Waals surface area contributed by atoms with Crippen LogP contribution >= 0.6 is 38.5 Å². The number of halogens is 3. The maximum atomic E-state index is 12.8. The minimum absolute atomic E-state index is 0.0588. The number of carbonyl (C=O) groups excluding carboxylic acids is 1. The lowest BCUT2D eigenvalue weighted by atomic mass is 10.1. The van der Waals surface area contributed by atoms with E-state index in [-0.39, 0.29) is 11.6 Å². The minimum atomic E-state index is -0.294. The first kappa shape index (κ1) is 11.1. The Morgan fingerprint density at radius 1 is 1.54 bits per heavy atom. The van der Waals surface area contributed by atoms with Crippen LogP contribution in [0.3, 0.4) is 0 Å². The number of carbonyl (C=O) groups is 1. The molecule has 0 aromatic heterocycles.